The molecule has 96 valence electrons. The minimum atomic E-state index is -0.103. The highest BCUT2D eigenvalue weighted by Gasteiger charge is 2.13. The van der Waals surface area contributed by atoms with Crippen molar-refractivity contribution in [2.45, 2.75) is 45.5 Å². The molecule has 0 radical (unpaired) electrons. The smallest absolute Gasteiger partial charge is 0.269 e. The lowest BCUT2D eigenvalue weighted by atomic mass is 10.2. The second-order valence-electron chi connectivity index (χ2n) is 4.08. The van der Waals surface area contributed by atoms with Gasteiger partial charge in [-0.1, -0.05) is 13.3 Å². The van der Waals surface area contributed by atoms with Crippen LogP contribution < -0.4 is 5.32 Å². The molecule has 1 rings (SSSR count). The van der Waals surface area contributed by atoms with Crippen LogP contribution in [0.2, 0.25) is 0 Å². The lowest BCUT2D eigenvalue weighted by molar-refractivity contribution is 0.0942. The van der Waals surface area contributed by atoms with E-state index in [9.17, 15) is 4.79 Å². The number of nitrogens with zero attached hydrogens (tertiary/aromatic N) is 2. The molecule has 0 aliphatic carbocycles. The molecule has 4 nitrogen and oxygen atoms in total. The van der Waals surface area contributed by atoms with Crippen LogP contribution in [0.1, 0.15) is 42.9 Å². The largest absolute Gasteiger partial charge is 0.349 e. The first-order valence-electron chi connectivity index (χ1n) is 6.05. The van der Waals surface area contributed by atoms with Gasteiger partial charge in [0.1, 0.15) is 5.69 Å². The highest BCUT2D eigenvalue weighted by atomic mass is 35.5. The first-order valence-corrected chi connectivity index (χ1v) is 6.48. The number of carbonyl (C=O) groups is 1. The van der Waals surface area contributed by atoms with Crippen LogP contribution in [0.25, 0.3) is 0 Å². The Hall–Kier alpha value is -1.03. The van der Waals surface area contributed by atoms with Gasteiger partial charge in [0, 0.05) is 13.1 Å². The van der Waals surface area contributed by atoms with Crippen LogP contribution in [0.4, 0.5) is 0 Å². The molecular formula is C12H20ClN3O. The maximum atomic E-state index is 11.9. The third-order valence-corrected chi connectivity index (χ3v) is 2.89. The van der Waals surface area contributed by atoms with Crippen molar-refractivity contribution in [2.24, 2.45) is 0 Å². The number of hydrogen-bond acceptors (Lipinski definition) is 2. The van der Waals surface area contributed by atoms with Gasteiger partial charge in [-0.25, -0.2) is 0 Å². The van der Waals surface area contributed by atoms with E-state index in [-0.39, 0.29) is 11.3 Å². The number of aryl methyl sites for hydroxylation is 2. The number of nitrogens with one attached hydrogen (secondary N) is 1. The summed E-state index contributed by atoms with van der Waals surface area (Å²) < 4.78 is 1.70. The molecule has 0 spiro atoms. The summed E-state index contributed by atoms with van der Waals surface area (Å²) in [5.41, 5.74) is 1.46. The van der Waals surface area contributed by atoms with Crippen molar-refractivity contribution in [3.05, 3.63) is 17.5 Å². The second-order valence-corrected chi connectivity index (χ2v) is 4.70. The topological polar surface area (TPSA) is 46.9 Å². The van der Waals surface area contributed by atoms with E-state index >= 15 is 0 Å². The first-order chi connectivity index (χ1) is 8.08. The molecular weight excluding hydrogens is 238 g/mol. The minimum absolute atomic E-state index is 0.00282. The Morgan fingerprint density at radius 3 is 2.88 bits per heavy atom. The summed E-state index contributed by atoms with van der Waals surface area (Å²) in [6.45, 7) is 7.11. The number of amides is 1. The zero-order valence-electron chi connectivity index (χ0n) is 10.7. The monoisotopic (exact) mass is 257 g/mol. The molecule has 0 aliphatic heterocycles. The Morgan fingerprint density at radius 2 is 2.29 bits per heavy atom. The molecule has 0 aliphatic rings. The van der Waals surface area contributed by atoms with Crippen molar-refractivity contribution in [1.29, 1.82) is 0 Å². The van der Waals surface area contributed by atoms with Crippen LogP contribution in [0.3, 0.4) is 0 Å². The Morgan fingerprint density at radius 1 is 1.59 bits per heavy atom. The van der Waals surface area contributed by atoms with Gasteiger partial charge in [-0.2, -0.15) is 5.10 Å². The van der Waals surface area contributed by atoms with Gasteiger partial charge < -0.3 is 5.32 Å². The van der Waals surface area contributed by atoms with E-state index < -0.39 is 0 Å². The molecule has 0 bridgehead atoms. The number of carbonyl (C=O) groups excluding carboxylic acids is 1. The van der Waals surface area contributed by atoms with Crippen LogP contribution in [0, 0.1) is 6.92 Å². The van der Waals surface area contributed by atoms with Crippen molar-refractivity contribution >= 4 is 17.5 Å². The fraction of sp³-hybridized carbons (Fsp3) is 0.667. The Balaban J connectivity index is 2.57. The van der Waals surface area contributed by atoms with Crippen LogP contribution in [0.15, 0.2) is 6.07 Å². The lowest BCUT2D eigenvalue weighted by Crippen LogP contribution is -2.31. The standard InChI is InChI=1S/C12H20ClN3O/c1-4-6-10(13)8-14-12(17)11-7-9(3)15-16(11)5-2/h7,10H,4-6,8H2,1-3H3,(H,14,17). The van der Waals surface area contributed by atoms with E-state index in [4.69, 9.17) is 11.6 Å². The number of halogens is 1. The van der Waals surface area contributed by atoms with E-state index in [1.165, 1.54) is 0 Å². The quantitative estimate of drug-likeness (QED) is 0.796. The summed E-state index contributed by atoms with van der Waals surface area (Å²) in [7, 11) is 0. The average Bonchev–Trinajstić information content (AvgIpc) is 2.68. The fourth-order valence-electron chi connectivity index (χ4n) is 1.68. The predicted molar refractivity (Wildman–Crippen MR) is 69.5 cm³/mol. The van der Waals surface area contributed by atoms with Crippen LogP contribution >= 0.6 is 11.6 Å². The first kappa shape index (κ1) is 14.0. The molecule has 0 saturated heterocycles. The Labute approximate surface area is 107 Å². The number of rotatable bonds is 6. The molecule has 5 heteroatoms. The van der Waals surface area contributed by atoms with E-state index in [1.54, 1.807) is 10.7 Å². The maximum absolute atomic E-state index is 11.9. The SMILES string of the molecule is CCCC(Cl)CNC(=O)c1cc(C)nn1CC. The average molecular weight is 258 g/mol. The van der Waals surface area contributed by atoms with Gasteiger partial charge in [-0.3, -0.25) is 9.48 Å². The van der Waals surface area contributed by atoms with Crippen LogP contribution in [-0.2, 0) is 6.54 Å². The normalized spacial score (nSPS) is 12.5. The van der Waals surface area contributed by atoms with E-state index in [0.29, 0.717) is 18.8 Å². The summed E-state index contributed by atoms with van der Waals surface area (Å²) in [6, 6.07) is 1.79. The number of hydrogen-bond donors (Lipinski definition) is 1. The van der Waals surface area contributed by atoms with Crippen molar-refractivity contribution in [1.82, 2.24) is 15.1 Å². The number of aromatic nitrogens is 2. The van der Waals surface area contributed by atoms with Crippen molar-refractivity contribution < 1.29 is 4.79 Å². The number of alkyl halides is 1. The van der Waals surface area contributed by atoms with Crippen molar-refractivity contribution in [3.8, 4) is 0 Å². The van der Waals surface area contributed by atoms with E-state index in [2.05, 4.69) is 17.3 Å². The second kappa shape index (κ2) is 6.64. The molecule has 1 aromatic rings. The molecule has 1 unspecified atom stereocenters. The molecule has 1 N–H and O–H groups in total. The summed E-state index contributed by atoms with van der Waals surface area (Å²) in [6.07, 6.45) is 1.93. The Bertz CT molecular complexity index is 376. The zero-order valence-corrected chi connectivity index (χ0v) is 11.4. The lowest BCUT2D eigenvalue weighted by Gasteiger charge is -2.10. The Kier molecular flexibility index (Phi) is 5.48. The van der Waals surface area contributed by atoms with Gasteiger partial charge in [-0.15, -0.1) is 11.6 Å². The summed E-state index contributed by atoms with van der Waals surface area (Å²) >= 11 is 6.05. The summed E-state index contributed by atoms with van der Waals surface area (Å²) in [5.74, 6) is -0.103. The molecule has 17 heavy (non-hydrogen) atoms. The molecule has 0 aromatic carbocycles. The third-order valence-electron chi connectivity index (χ3n) is 2.52. The minimum Gasteiger partial charge on any atom is -0.349 e. The summed E-state index contributed by atoms with van der Waals surface area (Å²) in [5, 5.41) is 7.08. The van der Waals surface area contributed by atoms with Gasteiger partial charge in [0.15, 0.2) is 0 Å². The van der Waals surface area contributed by atoms with E-state index in [0.717, 1.165) is 18.5 Å². The molecule has 1 amide bonds. The fourth-order valence-corrected chi connectivity index (χ4v) is 1.97. The van der Waals surface area contributed by atoms with E-state index in [1.807, 2.05) is 13.8 Å². The van der Waals surface area contributed by atoms with Gasteiger partial charge in [0.05, 0.1) is 11.1 Å². The van der Waals surface area contributed by atoms with Gasteiger partial charge in [0.25, 0.3) is 5.91 Å². The molecule has 1 heterocycles. The highest BCUT2D eigenvalue weighted by molar-refractivity contribution is 6.20. The molecule has 1 aromatic heterocycles. The van der Waals surface area contributed by atoms with Crippen LogP contribution in [-0.4, -0.2) is 27.6 Å². The third kappa shape index (κ3) is 4.04. The van der Waals surface area contributed by atoms with Crippen molar-refractivity contribution in [2.75, 3.05) is 6.54 Å². The maximum Gasteiger partial charge on any atom is 0.269 e. The van der Waals surface area contributed by atoms with Gasteiger partial charge in [-0.05, 0) is 26.3 Å². The predicted octanol–water partition coefficient (Wildman–Crippen LogP) is 2.35. The zero-order chi connectivity index (χ0) is 12.8. The molecule has 1 atom stereocenters. The van der Waals surface area contributed by atoms with Gasteiger partial charge in [0.2, 0.25) is 0 Å². The van der Waals surface area contributed by atoms with Crippen molar-refractivity contribution in [3.63, 3.8) is 0 Å². The van der Waals surface area contributed by atoms with Gasteiger partial charge >= 0.3 is 0 Å². The molecule has 0 fully saturated rings. The van der Waals surface area contributed by atoms with Crippen LogP contribution in [0.5, 0.6) is 0 Å². The summed E-state index contributed by atoms with van der Waals surface area (Å²) in [4.78, 5) is 11.9. The molecule has 0 saturated carbocycles. The highest BCUT2D eigenvalue weighted by Crippen LogP contribution is 2.06.